The van der Waals surface area contributed by atoms with Gasteiger partial charge in [0.2, 0.25) is 0 Å². The van der Waals surface area contributed by atoms with Gasteiger partial charge in [0, 0.05) is 6.32 Å². The summed E-state index contributed by atoms with van der Waals surface area (Å²) < 4.78 is 36.3. The van der Waals surface area contributed by atoms with Gasteiger partial charge in [0.1, 0.15) is 18.1 Å². The minimum Gasteiger partial charge on any atom is -0.459 e. The Labute approximate surface area is 161 Å². The SMILES string of the molecule is CCCC1=C2[C@@H](CC/C(C)=C/c3ccc(CO)o3)OB(O)C[C@@H]2S(=O)(=O)C1. The van der Waals surface area contributed by atoms with Gasteiger partial charge in [0.15, 0.2) is 9.84 Å². The number of allylic oxidation sites excluding steroid dienone is 1. The molecule has 0 saturated carbocycles. The molecule has 6 nitrogen and oxygen atoms in total. The molecule has 2 N–H and O–H groups in total. The van der Waals surface area contributed by atoms with Gasteiger partial charge in [-0.1, -0.05) is 24.5 Å². The predicted octanol–water partition coefficient (Wildman–Crippen LogP) is 2.73. The standard InChI is InChI=1S/C19H27BO6S/c1-3-4-14-12-27(23,24)18-10-20(22)26-17(19(14)18)8-5-13(2)9-15-6-7-16(11-21)25-15/h6-7,9,17-18,21-22H,3-5,8,10-12H2,1-2H3/b13-9+/t17-,18+/m1/s1. The van der Waals surface area contributed by atoms with Crippen molar-refractivity contribution in [3.63, 3.8) is 0 Å². The maximum absolute atomic E-state index is 12.5. The van der Waals surface area contributed by atoms with Crippen molar-refractivity contribution in [2.45, 2.75) is 63.8 Å². The van der Waals surface area contributed by atoms with Crippen LogP contribution in [0.15, 0.2) is 33.3 Å². The van der Waals surface area contributed by atoms with Crippen LogP contribution < -0.4 is 0 Å². The van der Waals surface area contributed by atoms with E-state index in [-0.39, 0.29) is 24.8 Å². The van der Waals surface area contributed by atoms with Crippen molar-refractivity contribution in [2.75, 3.05) is 5.75 Å². The largest absolute Gasteiger partial charge is 0.459 e. The van der Waals surface area contributed by atoms with Crippen molar-refractivity contribution < 1.29 is 27.6 Å². The Morgan fingerprint density at radius 1 is 1.41 bits per heavy atom. The van der Waals surface area contributed by atoms with E-state index < -0.39 is 22.2 Å². The topological polar surface area (TPSA) is 97.0 Å². The lowest BCUT2D eigenvalue weighted by atomic mass is 9.74. The molecule has 0 aliphatic carbocycles. The number of aliphatic hydroxyl groups is 1. The number of hydrogen-bond donors (Lipinski definition) is 2. The van der Waals surface area contributed by atoms with Gasteiger partial charge in [-0.05, 0) is 50.0 Å². The van der Waals surface area contributed by atoms with Crippen molar-refractivity contribution in [3.8, 4) is 0 Å². The van der Waals surface area contributed by atoms with Crippen LogP contribution in [-0.4, -0.2) is 42.8 Å². The number of rotatable bonds is 7. The maximum atomic E-state index is 12.5. The lowest BCUT2D eigenvalue weighted by Gasteiger charge is -2.32. The molecule has 0 bridgehead atoms. The lowest BCUT2D eigenvalue weighted by Crippen LogP contribution is -2.41. The maximum Gasteiger partial charge on any atom is 0.456 e. The van der Waals surface area contributed by atoms with E-state index in [1.165, 1.54) is 0 Å². The molecule has 0 amide bonds. The fourth-order valence-corrected chi connectivity index (χ4v) is 6.19. The molecule has 1 fully saturated rings. The first-order valence-electron chi connectivity index (χ1n) is 9.47. The summed E-state index contributed by atoms with van der Waals surface area (Å²) in [5, 5.41) is 18.5. The van der Waals surface area contributed by atoms with E-state index in [1.54, 1.807) is 12.1 Å². The molecule has 2 atom stereocenters. The molecular weight excluding hydrogens is 367 g/mol. The average Bonchev–Trinajstić information content (AvgIpc) is 3.15. The summed E-state index contributed by atoms with van der Waals surface area (Å²) in [6.45, 7) is 3.88. The smallest absolute Gasteiger partial charge is 0.456 e. The van der Waals surface area contributed by atoms with Crippen LogP contribution in [0.2, 0.25) is 6.32 Å². The van der Waals surface area contributed by atoms with Crippen LogP contribution in [0.3, 0.4) is 0 Å². The number of hydrogen-bond acceptors (Lipinski definition) is 6. The highest BCUT2D eigenvalue weighted by Gasteiger charge is 2.48. The number of fused-ring (bicyclic) bond motifs is 1. The molecule has 1 saturated heterocycles. The van der Waals surface area contributed by atoms with E-state index in [4.69, 9.17) is 14.2 Å². The summed E-state index contributed by atoms with van der Waals surface area (Å²) in [5.74, 6) is 1.29. The van der Waals surface area contributed by atoms with E-state index in [0.29, 0.717) is 24.4 Å². The van der Waals surface area contributed by atoms with E-state index in [0.717, 1.165) is 29.6 Å². The Morgan fingerprint density at radius 3 is 2.85 bits per heavy atom. The summed E-state index contributed by atoms with van der Waals surface area (Å²) in [4.78, 5) is 0. The molecular formula is C19H27BO6S. The van der Waals surface area contributed by atoms with Gasteiger partial charge >= 0.3 is 7.12 Å². The second kappa shape index (κ2) is 8.35. The Hall–Kier alpha value is -1.35. The van der Waals surface area contributed by atoms with Crippen molar-refractivity contribution in [3.05, 3.63) is 40.4 Å². The lowest BCUT2D eigenvalue weighted by molar-refractivity contribution is 0.169. The first-order chi connectivity index (χ1) is 12.8. The normalized spacial score (nSPS) is 25.2. The van der Waals surface area contributed by atoms with Crippen LogP contribution >= 0.6 is 0 Å². The molecule has 0 aromatic carbocycles. The second-order valence-electron chi connectivity index (χ2n) is 7.41. The first-order valence-corrected chi connectivity index (χ1v) is 11.2. The fourth-order valence-electron chi connectivity index (χ4n) is 4.03. The zero-order valence-corrected chi connectivity index (χ0v) is 16.7. The van der Waals surface area contributed by atoms with Gasteiger partial charge in [-0.25, -0.2) is 8.42 Å². The molecule has 0 radical (unpaired) electrons. The van der Waals surface area contributed by atoms with Crippen LogP contribution in [-0.2, 0) is 21.1 Å². The summed E-state index contributed by atoms with van der Waals surface area (Å²) in [6, 6.07) is 3.53. The van der Waals surface area contributed by atoms with Gasteiger partial charge < -0.3 is 19.2 Å². The molecule has 27 heavy (non-hydrogen) atoms. The van der Waals surface area contributed by atoms with Crippen molar-refractivity contribution >= 4 is 23.0 Å². The zero-order valence-electron chi connectivity index (χ0n) is 15.8. The third-order valence-corrected chi connectivity index (χ3v) is 7.29. The quantitative estimate of drug-likeness (QED) is 0.545. The van der Waals surface area contributed by atoms with Crippen LogP contribution in [0.4, 0.5) is 0 Å². The third-order valence-electron chi connectivity index (χ3n) is 5.23. The van der Waals surface area contributed by atoms with Crippen LogP contribution in [0.25, 0.3) is 6.08 Å². The highest BCUT2D eigenvalue weighted by molar-refractivity contribution is 7.92. The van der Waals surface area contributed by atoms with Gasteiger partial charge in [0.05, 0.1) is 17.1 Å². The highest BCUT2D eigenvalue weighted by atomic mass is 32.2. The molecule has 0 unspecified atom stereocenters. The summed E-state index contributed by atoms with van der Waals surface area (Å²) in [6.07, 6.45) is 4.62. The molecule has 0 spiro atoms. The minimum absolute atomic E-state index is 0.0958. The number of sulfone groups is 1. The van der Waals surface area contributed by atoms with Crippen LogP contribution in [0.5, 0.6) is 0 Å². The minimum atomic E-state index is -3.24. The van der Waals surface area contributed by atoms with Gasteiger partial charge in [0.25, 0.3) is 0 Å². The average molecular weight is 394 g/mol. The second-order valence-corrected chi connectivity index (χ2v) is 9.59. The van der Waals surface area contributed by atoms with E-state index in [9.17, 15) is 13.4 Å². The third kappa shape index (κ3) is 4.56. The fraction of sp³-hybridized carbons (Fsp3) is 0.579. The molecule has 3 heterocycles. The van der Waals surface area contributed by atoms with E-state index in [2.05, 4.69) is 0 Å². The van der Waals surface area contributed by atoms with E-state index in [1.807, 2.05) is 19.9 Å². The van der Waals surface area contributed by atoms with Crippen molar-refractivity contribution in [1.29, 1.82) is 0 Å². The van der Waals surface area contributed by atoms with Gasteiger partial charge in [-0.15, -0.1) is 0 Å². The summed E-state index contributed by atoms with van der Waals surface area (Å²) >= 11 is 0. The molecule has 1 aromatic rings. The number of furan rings is 1. The van der Waals surface area contributed by atoms with Crippen LogP contribution in [0, 0.1) is 0 Å². The molecule has 148 valence electrons. The first kappa shape index (κ1) is 20.4. The summed E-state index contributed by atoms with van der Waals surface area (Å²) in [7, 11) is -4.28. The molecule has 8 heteroatoms. The highest BCUT2D eigenvalue weighted by Crippen LogP contribution is 2.40. The molecule has 2 aliphatic heterocycles. The monoisotopic (exact) mass is 394 g/mol. The van der Waals surface area contributed by atoms with Gasteiger partial charge in [-0.3, -0.25) is 0 Å². The summed E-state index contributed by atoms with van der Waals surface area (Å²) in [5.41, 5.74) is 2.92. The zero-order chi connectivity index (χ0) is 19.6. The Morgan fingerprint density at radius 2 is 2.19 bits per heavy atom. The van der Waals surface area contributed by atoms with E-state index >= 15 is 0 Å². The number of aliphatic hydroxyl groups excluding tert-OH is 1. The predicted molar refractivity (Wildman–Crippen MR) is 105 cm³/mol. The molecule has 1 aromatic heterocycles. The van der Waals surface area contributed by atoms with Crippen molar-refractivity contribution in [2.24, 2.45) is 0 Å². The van der Waals surface area contributed by atoms with Gasteiger partial charge in [-0.2, -0.15) is 0 Å². The Kier molecular flexibility index (Phi) is 6.30. The Bertz CT molecular complexity index is 838. The Balaban J connectivity index is 1.75. The molecule has 3 rings (SSSR count). The van der Waals surface area contributed by atoms with Crippen molar-refractivity contribution in [1.82, 2.24) is 0 Å². The van der Waals surface area contributed by atoms with Crippen LogP contribution in [0.1, 0.15) is 51.1 Å². The molecule has 2 aliphatic rings.